The third-order valence-electron chi connectivity index (χ3n) is 3.10. The molecule has 24 heavy (non-hydrogen) atoms. The van der Waals surface area contributed by atoms with Crippen LogP contribution in [0.2, 0.25) is 0 Å². The predicted molar refractivity (Wildman–Crippen MR) is 95.1 cm³/mol. The zero-order valence-corrected chi connectivity index (χ0v) is 14.8. The summed E-state index contributed by atoms with van der Waals surface area (Å²) in [5.74, 6) is -0.493. The van der Waals surface area contributed by atoms with Crippen molar-refractivity contribution in [3.05, 3.63) is 47.5 Å². The molecule has 0 aromatic heterocycles. The van der Waals surface area contributed by atoms with Crippen molar-refractivity contribution in [1.82, 2.24) is 0 Å². The molecule has 4 N–H and O–H groups in total. The molecule has 0 bridgehead atoms. The summed E-state index contributed by atoms with van der Waals surface area (Å²) in [5.41, 5.74) is 1.80. The van der Waals surface area contributed by atoms with Gasteiger partial charge in [-0.2, -0.15) is 0 Å². The average Bonchev–Trinajstić information content (AvgIpc) is 2.52. The van der Waals surface area contributed by atoms with E-state index in [0.717, 1.165) is 17.4 Å². The van der Waals surface area contributed by atoms with Gasteiger partial charge in [-0.3, -0.25) is 4.72 Å². The maximum Gasteiger partial charge on any atom is 0.229 e. The Morgan fingerprint density at radius 2 is 1.33 bits per heavy atom. The molecular formula is C17H23NO5S. The van der Waals surface area contributed by atoms with Crippen molar-refractivity contribution in [3.8, 4) is 17.2 Å². The molecular weight excluding hydrogens is 330 g/mol. The fraction of sp³-hybridized carbons (Fsp3) is 0.294. The van der Waals surface area contributed by atoms with Gasteiger partial charge >= 0.3 is 0 Å². The lowest BCUT2D eigenvalue weighted by atomic mass is 10.0. The fourth-order valence-corrected chi connectivity index (χ4v) is 2.60. The minimum absolute atomic E-state index is 0.133. The molecule has 0 aliphatic rings. The van der Waals surface area contributed by atoms with E-state index in [9.17, 15) is 23.7 Å². The van der Waals surface area contributed by atoms with Crippen LogP contribution in [0, 0.1) is 0 Å². The Hall–Kier alpha value is -2.41. The van der Waals surface area contributed by atoms with E-state index in [1.807, 2.05) is 13.8 Å². The van der Waals surface area contributed by atoms with Crippen LogP contribution in [-0.4, -0.2) is 30.0 Å². The van der Waals surface area contributed by atoms with Crippen LogP contribution in [-0.2, 0) is 22.9 Å². The Balaban J connectivity index is 0.00000139. The molecule has 0 saturated heterocycles. The molecule has 2 aromatic rings. The average molecular weight is 353 g/mol. The third-order valence-corrected chi connectivity index (χ3v) is 3.69. The number of anilines is 1. The molecule has 6 nitrogen and oxygen atoms in total. The van der Waals surface area contributed by atoms with Crippen molar-refractivity contribution in [3.63, 3.8) is 0 Å². The number of sulfonamides is 1. The van der Waals surface area contributed by atoms with Gasteiger partial charge in [0.25, 0.3) is 0 Å². The summed E-state index contributed by atoms with van der Waals surface area (Å²) in [5, 5.41) is 28.4. The Morgan fingerprint density at radius 1 is 0.833 bits per heavy atom. The number of aromatic hydroxyl groups is 3. The number of benzene rings is 2. The fourth-order valence-electron chi connectivity index (χ4n) is 2.03. The van der Waals surface area contributed by atoms with Crippen molar-refractivity contribution >= 4 is 15.7 Å². The number of rotatable bonds is 5. The van der Waals surface area contributed by atoms with E-state index in [-0.39, 0.29) is 22.9 Å². The number of phenols is 3. The van der Waals surface area contributed by atoms with Crippen LogP contribution < -0.4 is 4.72 Å². The number of nitrogens with one attached hydrogen (secondary N) is 1. The predicted octanol–water partition coefficient (Wildman–Crippen LogP) is 2.99. The normalized spacial score (nSPS) is 10.6. The van der Waals surface area contributed by atoms with Gasteiger partial charge in [-0.05, 0) is 48.2 Å². The van der Waals surface area contributed by atoms with Crippen LogP contribution in [0.15, 0.2) is 36.4 Å². The summed E-state index contributed by atoms with van der Waals surface area (Å²) in [6, 6.07) is 9.28. The van der Waals surface area contributed by atoms with E-state index in [1.54, 1.807) is 18.2 Å². The first-order chi connectivity index (χ1) is 11.2. The van der Waals surface area contributed by atoms with Crippen molar-refractivity contribution in [2.45, 2.75) is 26.7 Å². The Bertz CT molecular complexity index is 788. The molecule has 132 valence electrons. The van der Waals surface area contributed by atoms with Crippen molar-refractivity contribution < 1.29 is 23.7 Å². The topological polar surface area (TPSA) is 107 Å². The SMILES string of the molecule is CC.CS(=O)(=O)Nc1cc(CCc2ccc(O)c(O)c2)ccc1O. The lowest BCUT2D eigenvalue weighted by Crippen LogP contribution is -2.10. The van der Waals surface area contributed by atoms with Crippen LogP contribution >= 0.6 is 0 Å². The van der Waals surface area contributed by atoms with E-state index < -0.39 is 10.0 Å². The molecule has 0 unspecified atom stereocenters. The minimum Gasteiger partial charge on any atom is -0.506 e. The van der Waals surface area contributed by atoms with Crippen molar-refractivity contribution in [2.75, 3.05) is 11.0 Å². The molecule has 0 heterocycles. The smallest absolute Gasteiger partial charge is 0.229 e. The monoisotopic (exact) mass is 353 g/mol. The van der Waals surface area contributed by atoms with Gasteiger partial charge in [0.05, 0.1) is 11.9 Å². The summed E-state index contributed by atoms with van der Waals surface area (Å²) < 4.78 is 24.7. The molecule has 0 fully saturated rings. The first-order valence-electron chi connectivity index (χ1n) is 7.55. The minimum atomic E-state index is -3.46. The highest BCUT2D eigenvalue weighted by Gasteiger charge is 2.08. The van der Waals surface area contributed by atoms with Crippen molar-refractivity contribution in [1.29, 1.82) is 0 Å². The highest BCUT2D eigenvalue weighted by atomic mass is 32.2. The van der Waals surface area contributed by atoms with Crippen LogP contribution in [0.4, 0.5) is 5.69 Å². The molecule has 7 heteroatoms. The second-order valence-electron chi connectivity index (χ2n) is 5.05. The summed E-state index contributed by atoms with van der Waals surface area (Å²) in [6.07, 6.45) is 2.19. The molecule has 0 atom stereocenters. The van der Waals surface area contributed by atoms with E-state index in [1.165, 1.54) is 18.2 Å². The first-order valence-corrected chi connectivity index (χ1v) is 9.44. The second kappa shape index (κ2) is 8.44. The molecule has 2 rings (SSSR count). The third kappa shape index (κ3) is 6.00. The number of hydrogen-bond donors (Lipinski definition) is 4. The quantitative estimate of drug-likeness (QED) is 0.618. The van der Waals surface area contributed by atoms with Gasteiger partial charge in [0, 0.05) is 0 Å². The Kier molecular flexibility index (Phi) is 6.91. The van der Waals surface area contributed by atoms with E-state index in [4.69, 9.17) is 0 Å². The summed E-state index contributed by atoms with van der Waals surface area (Å²) >= 11 is 0. The van der Waals surface area contributed by atoms with Gasteiger partial charge in [0.1, 0.15) is 5.75 Å². The van der Waals surface area contributed by atoms with Crippen LogP contribution in [0.25, 0.3) is 0 Å². The van der Waals surface area contributed by atoms with Gasteiger partial charge in [-0.25, -0.2) is 8.42 Å². The lowest BCUT2D eigenvalue weighted by Gasteiger charge is -2.09. The van der Waals surface area contributed by atoms with E-state index in [2.05, 4.69) is 4.72 Å². The molecule has 0 aliphatic heterocycles. The Morgan fingerprint density at radius 3 is 1.83 bits per heavy atom. The summed E-state index contributed by atoms with van der Waals surface area (Å²) in [4.78, 5) is 0. The van der Waals surface area contributed by atoms with Crippen molar-refractivity contribution in [2.24, 2.45) is 0 Å². The van der Waals surface area contributed by atoms with E-state index in [0.29, 0.717) is 12.8 Å². The zero-order chi connectivity index (χ0) is 18.3. The van der Waals surface area contributed by atoms with Gasteiger partial charge in [0.15, 0.2) is 11.5 Å². The highest BCUT2D eigenvalue weighted by molar-refractivity contribution is 7.92. The molecule has 0 saturated carbocycles. The number of aryl methyl sites for hydroxylation is 2. The summed E-state index contributed by atoms with van der Waals surface area (Å²) in [6.45, 7) is 4.00. The van der Waals surface area contributed by atoms with Gasteiger partial charge in [0.2, 0.25) is 10.0 Å². The molecule has 0 radical (unpaired) electrons. The second-order valence-corrected chi connectivity index (χ2v) is 6.80. The van der Waals surface area contributed by atoms with Gasteiger partial charge in [-0.15, -0.1) is 0 Å². The largest absolute Gasteiger partial charge is 0.506 e. The van der Waals surface area contributed by atoms with Crippen LogP contribution in [0.3, 0.4) is 0 Å². The first kappa shape index (κ1) is 19.6. The highest BCUT2D eigenvalue weighted by Crippen LogP contribution is 2.27. The maximum atomic E-state index is 11.2. The standard InChI is InChI=1S/C15H17NO5S.C2H6/c1-22(20,21)16-12-8-10(4-6-13(12)17)2-3-11-5-7-14(18)15(19)9-11;1-2/h4-9,16-19H,2-3H2,1H3;1-2H3. The van der Waals surface area contributed by atoms with Crippen LogP contribution in [0.1, 0.15) is 25.0 Å². The number of phenolic OH excluding ortho intramolecular Hbond substituents is 3. The Labute approximate surface area is 142 Å². The molecule has 0 spiro atoms. The zero-order valence-electron chi connectivity index (χ0n) is 13.9. The van der Waals surface area contributed by atoms with Gasteiger partial charge in [-0.1, -0.05) is 26.0 Å². The van der Waals surface area contributed by atoms with E-state index >= 15 is 0 Å². The van der Waals surface area contributed by atoms with Crippen LogP contribution in [0.5, 0.6) is 17.2 Å². The van der Waals surface area contributed by atoms with Gasteiger partial charge < -0.3 is 15.3 Å². The summed E-state index contributed by atoms with van der Waals surface area (Å²) in [7, 11) is -3.46. The lowest BCUT2D eigenvalue weighted by molar-refractivity contribution is 0.403. The molecule has 0 amide bonds. The number of hydrogen-bond acceptors (Lipinski definition) is 5. The molecule has 0 aliphatic carbocycles. The maximum absolute atomic E-state index is 11.2. The molecule has 2 aromatic carbocycles.